The first-order valence-corrected chi connectivity index (χ1v) is 10.5. The van der Waals surface area contributed by atoms with Crippen molar-refractivity contribution in [3.05, 3.63) is 66.2 Å². The van der Waals surface area contributed by atoms with E-state index in [4.69, 9.17) is 4.74 Å². The van der Waals surface area contributed by atoms with Crippen LogP contribution in [0.1, 0.15) is 11.4 Å². The molecule has 5 rings (SSSR count). The van der Waals surface area contributed by atoms with E-state index in [1.165, 1.54) is 10.9 Å². The second-order valence-corrected chi connectivity index (χ2v) is 7.71. The second kappa shape index (κ2) is 8.22. The van der Waals surface area contributed by atoms with Gasteiger partial charge in [-0.2, -0.15) is 4.98 Å². The number of nitrogens with one attached hydrogen (secondary N) is 3. The molecule has 32 heavy (non-hydrogen) atoms. The topological polar surface area (TPSA) is 92.7 Å². The summed E-state index contributed by atoms with van der Waals surface area (Å²) in [6.07, 6.45) is 4.63. The van der Waals surface area contributed by atoms with E-state index in [9.17, 15) is 0 Å². The van der Waals surface area contributed by atoms with Crippen molar-refractivity contribution in [3.63, 3.8) is 0 Å². The molecule has 0 aliphatic carbocycles. The van der Waals surface area contributed by atoms with E-state index < -0.39 is 0 Å². The summed E-state index contributed by atoms with van der Waals surface area (Å²) in [7, 11) is 3.70. The van der Waals surface area contributed by atoms with E-state index in [1.54, 1.807) is 13.3 Å². The molecule has 3 N–H and O–H groups in total. The summed E-state index contributed by atoms with van der Waals surface area (Å²) in [5.74, 6) is 3.16. The number of fused-ring (bicyclic) bond motifs is 2. The summed E-state index contributed by atoms with van der Waals surface area (Å²) in [6, 6.07) is 14.0. The molecule has 0 fully saturated rings. The number of nitrogens with zero attached hydrogens (tertiary/aromatic N) is 4. The van der Waals surface area contributed by atoms with Crippen LogP contribution in [0.3, 0.4) is 0 Å². The van der Waals surface area contributed by atoms with Crippen LogP contribution >= 0.6 is 0 Å². The summed E-state index contributed by atoms with van der Waals surface area (Å²) in [4.78, 5) is 16.8. The summed E-state index contributed by atoms with van der Waals surface area (Å²) in [5.41, 5.74) is 5.34. The summed E-state index contributed by atoms with van der Waals surface area (Å²) >= 11 is 0. The zero-order valence-electron chi connectivity index (χ0n) is 18.3. The van der Waals surface area contributed by atoms with Gasteiger partial charge in [0.1, 0.15) is 17.4 Å². The number of aromatic amines is 1. The van der Waals surface area contributed by atoms with Gasteiger partial charge in [0, 0.05) is 42.6 Å². The molecule has 8 heteroatoms. The van der Waals surface area contributed by atoms with Crippen LogP contribution in [0.25, 0.3) is 21.9 Å². The number of benzene rings is 2. The highest BCUT2D eigenvalue weighted by Gasteiger charge is 2.08. The van der Waals surface area contributed by atoms with E-state index in [2.05, 4.69) is 47.3 Å². The fourth-order valence-corrected chi connectivity index (χ4v) is 3.85. The van der Waals surface area contributed by atoms with Gasteiger partial charge in [-0.3, -0.25) is 0 Å². The Balaban J connectivity index is 1.26. The molecule has 2 aromatic carbocycles. The summed E-state index contributed by atoms with van der Waals surface area (Å²) in [5, 5.41) is 7.86. The molecule has 0 bridgehead atoms. The molecule has 0 unspecified atom stereocenters. The molecule has 0 spiro atoms. The Hall–Kier alpha value is -4.07. The minimum atomic E-state index is 0.588. The van der Waals surface area contributed by atoms with E-state index >= 15 is 0 Å². The molecule has 3 aromatic heterocycles. The van der Waals surface area contributed by atoms with Gasteiger partial charge in [0.25, 0.3) is 0 Å². The molecule has 0 radical (unpaired) electrons. The number of anilines is 3. The van der Waals surface area contributed by atoms with Gasteiger partial charge in [-0.1, -0.05) is 0 Å². The Kier molecular flexibility index (Phi) is 5.10. The minimum absolute atomic E-state index is 0.588. The minimum Gasteiger partial charge on any atom is -0.497 e. The molecular formula is C24H25N7O. The highest BCUT2D eigenvalue weighted by molar-refractivity contribution is 5.84. The van der Waals surface area contributed by atoms with Crippen LogP contribution in [0.15, 0.2) is 54.9 Å². The monoisotopic (exact) mass is 427 g/mol. The predicted octanol–water partition coefficient (Wildman–Crippen LogP) is 4.56. The van der Waals surface area contributed by atoms with Crippen LogP contribution in [0.5, 0.6) is 5.75 Å². The van der Waals surface area contributed by atoms with Crippen molar-refractivity contribution in [2.24, 2.45) is 7.05 Å². The van der Waals surface area contributed by atoms with Gasteiger partial charge in [-0.05, 0) is 61.4 Å². The van der Waals surface area contributed by atoms with Crippen LogP contribution in [0, 0.1) is 6.92 Å². The van der Waals surface area contributed by atoms with Gasteiger partial charge in [0.2, 0.25) is 5.95 Å². The van der Waals surface area contributed by atoms with Crippen LogP contribution in [-0.2, 0) is 13.5 Å². The van der Waals surface area contributed by atoms with Crippen LogP contribution in [0.2, 0.25) is 0 Å². The number of aromatic nitrogens is 5. The average Bonchev–Trinajstić information content (AvgIpc) is 3.34. The Labute approximate surface area is 185 Å². The Morgan fingerprint density at radius 2 is 2.00 bits per heavy atom. The molecular weight excluding hydrogens is 402 g/mol. The van der Waals surface area contributed by atoms with Crippen LogP contribution in [-0.4, -0.2) is 38.2 Å². The van der Waals surface area contributed by atoms with Crippen molar-refractivity contribution in [2.75, 3.05) is 24.3 Å². The maximum Gasteiger partial charge on any atom is 0.224 e. The lowest BCUT2D eigenvalue weighted by atomic mass is 10.1. The number of methoxy groups -OCH3 is 1. The fraction of sp³-hybridized carbons (Fsp3) is 0.208. The van der Waals surface area contributed by atoms with E-state index in [1.807, 2.05) is 50.5 Å². The fourth-order valence-electron chi connectivity index (χ4n) is 3.85. The SMILES string of the molecule is COc1ccc2[nH]cc(CCNc3nccc(Nc4ccc5nc(C)n(C)c5c4)n3)c2c1. The third kappa shape index (κ3) is 3.82. The number of H-pyrrole nitrogens is 1. The molecule has 0 atom stereocenters. The van der Waals surface area contributed by atoms with Gasteiger partial charge in [-0.25, -0.2) is 9.97 Å². The maximum absolute atomic E-state index is 5.35. The smallest absolute Gasteiger partial charge is 0.224 e. The first-order chi connectivity index (χ1) is 15.6. The second-order valence-electron chi connectivity index (χ2n) is 7.71. The Morgan fingerprint density at radius 1 is 1.09 bits per heavy atom. The van der Waals surface area contributed by atoms with Crippen molar-refractivity contribution in [1.82, 2.24) is 24.5 Å². The van der Waals surface area contributed by atoms with Gasteiger partial charge in [0.05, 0.1) is 18.1 Å². The van der Waals surface area contributed by atoms with Crippen molar-refractivity contribution >= 4 is 39.4 Å². The number of ether oxygens (including phenoxy) is 1. The molecule has 162 valence electrons. The molecule has 0 saturated heterocycles. The van der Waals surface area contributed by atoms with Gasteiger partial charge < -0.3 is 24.9 Å². The third-order valence-electron chi connectivity index (χ3n) is 5.68. The summed E-state index contributed by atoms with van der Waals surface area (Å²) < 4.78 is 7.43. The molecule has 3 heterocycles. The lowest BCUT2D eigenvalue weighted by molar-refractivity contribution is 0.415. The molecule has 0 amide bonds. The molecule has 0 aliphatic heterocycles. The number of aryl methyl sites for hydroxylation is 2. The van der Waals surface area contributed by atoms with E-state index in [-0.39, 0.29) is 0 Å². The van der Waals surface area contributed by atoms with Crippen molar-refractivity contribution in [2.45, 2.75) is 13.3 Å². The maximum atomic E-state index is 5.35. The van der Waals surface area contributed by atoms with Gasteiger partial charge in [0.15, 0.2) is 0 Å². The third-order valence-corrected chi connectivity index (χ3v) is 5.68. The lowest BCUT2D eigenvalue weighted by Crippen LogP contribution is -2.08. The zero-order chi connectivity index (χ0) is 22.1. The first-order valence-electron chi connectivity index (χ1n) is 10.5. The zero-order valence-corrected chi connectivity index (χ0v) is 18.3. The predicted molar refractivity (Wildman–Crippen MR) is 128 cm³/mol. The largest absolute Gasteiger partial charge is 0.497 e. The van der Waals surface area contributed by atoms with E-state index in [0.717, 1.165) is 46.1 Å². The summed E-state index contributed by atoms with van der Waals surface area (Å²) in [6.45, 7) is 2.72. The van der Waals surface area contributed by atoms with Gasteiger partial charge >= 0.3 is 0 Å². The quantitative estimate of drug-likeness (QED) is 0.353. The molecule has 5 aromatic rings. The van der Waals surface area contributed by atoms with Crippen molar-refractivity contribution in [1.29, 1.82) is 0 Å². The molecule has 0 saturated carbocycles. The lowest BCUT2D eigenvalue weighted by Gasteiger charge is -2.09. The van der Waals surface area contributed by atoms with Crippen LogP contribution in [0.4, 0.5) is 17.5 Å². The number of imidazole rings is 1. The number of rotatable bonds is 7. The number of hydrogen-bond acceptors (Lipinski definition) is 6. The standard InChI is InChI=1S/C24H25N7O/c1-15-28-21-6-4-17(12-22(21)31(15)2)29-23-9-11-26-24(30-23)25-10-8-16-14-27-20-7-5-18(32-3)13-19(16)20/h4-7,9,11-14,27H,8,10H2,1-3H3,(H2,25,26,29,30). The highest BCUT2D eigenvalue weighted by Crippen LogP contribution is 2.24. The van der Waals surface area contributed by atoms with E-state index in [0.29, 0.717) is 12.5 Å². The van der Waals surface area contributed by atoms with Crippen molar-refractivity contribution < 1.29 is 4.74 Å². The van der Waals surface area contributed by atoms with Gasteiger partial charge in [-0.15, -0.1) is 0 Å². The highest BCUT2D eigenvalue weighted by atomic mass is 16.5. The number of hydrogen-bond donors (Lipinski definition) is 3. The Morgan fingerprint density at radius 3 is 2.88 bits per heavy atom. The first kappa shape index (κ1) is 19.9. The average molecular weight is 428 g/mol. The molecule has 0 aliphatic rings. The normalized spacial score (nSPS) is 11.2. The van der Waals surface area contributed by atoms with Crippen LogP contribution < -0.4 is 15.4 Å². The molecule has 8 nitrogen and oxygen atoms in total. The Bertz CT molecular complexity index is 1400. The van der Waals surface area contributed by atoms with Crippen molar-refractivity contribution in [3.8, 4) is 5.75 Å².